The number of hydrogen-bond acceptors (Lipinski definition) is 5. The second-order valence-corrected chi connectivity index (χ2v) is 7.02. The fourth-order valence-electron chi connectivity index (χ4n) is 2.28. The molecule has 24 heavy (non-hydrogen) atoms. The van der Waals surface area contributed by atoms with Crippen LogP contribution in [-0.4, -0.2) is 30.0 Å². The van der Waals surface area contributed by atoms with E-state index in [1.807, 2.05) is 24.3 Å². The number of carboxylic acid groups (broad SMARTS) is 1. The Morgan fingerprint density at radius 2 is 1.92 bits per heavy atom. The lowest BCUT2D eigenvalue weighted by molar-refractivity contribution is -0.136. The summed E-state index contributed by atoms with van der Waals surface area (Å²) in [5.41, 5.74) is 7.88. The molecule has 0 aliphatic rings. The number of halogens is 1. The minimum absolute atomic E-state index is 0.0935. The van der Waals surface area contributed by atoms with E-state index in [1.54, 1.807) is 6.07 Å². The molecule has 1 atom stereocenters. The first-order valence-corrected chi connectivity index (χ1v) is 8.53. The first-order valence-electron chi connectivity index (χ1n) is 7.33. The summed E-state index contributed by atoms with van der Waals surface area (Å²) in [6.45, 7) is 0. The van der Waals surface area contributed by atoms with E-state index >= 15 is 0 Å². The molecule has 0 bridgehead atoms. The predicted octanol–water partition coefficient (Wildman–Crippen LogP) is 3.18. The number of benzene rings is 1. The van der Waals surface area contributed by atoms with E-state index < -0.39 is 12.0 Å². The molecule has 7 heteroatoms. The zero-order chi connectivity index (χ0) is 17.7. The van der Waals surface area contributed by atoms with Crippen LogP contribution in [0, 0.1) is 0 Å². The average Bonchev–Trinajstić information content (AvgIpc) is 2.94. The van der Waals surface area contributed by atoms with Crippen molar-refractivity contribution in [3.8, 4) is 5.75 Å². The number of methoxy groups -OCH3 is 1. The predicted molar refractivity (Wildman–Crippen MR) is 94.3 cm³/mol. The number of nitrogens with two attached hydrogens (primary N) is 1. The highest BCUT2D eigenvalue weighted by molar-refractivity contribution is 7.18. The largest absolute Gasteiger partial charge is 0.495 e. The lowest BCUT2D eigenvalue weighted by Crippen LogP contribution is -2.32. The highest BCUT2D eigenvalue weighted by Crippen LogP contribution is 2.33. The molecule has 0 amide bonds. The summed E-state index contributed by atoms with van der Waals surface area (Å²) in [5.74, 6) is -0.594. The number of aryl methyl sites for hydroxylation is 1. The van der Waals surface area contributed by atoms with Gasteiger partial charge in [-0.25, -0.2) is 0 Å². The number of ether oxygens (including phenoxy) is 1. The van der Waals surface area contributed by atoms with Gasteiger partial charge in [0, 0.05) is 12.5 Å². The number of carboxylic acids is 1. The quantitative estimate of drug-likeness (QED) is 0.699. The molecule has 1 heterocycles. The van der Waals surface area contributed by atoms with Gasteiger partial charge in [0.15, 0.2) is 5.78 Å². The zero-order valence-corrected chi connectivity index (χ0v) is 14.7. The smallest absolute Gasteiger partial charge is 0.303 e. The molecule has 5 nitrogen and oxygen atoms in total. The molecule has 0 saturated heterocycles. The van der Waals surface area contributed by atoms with Crippen molar-refractivity contribution in [2.45, 2.75) is 25.3 Å². The third-order valence-electron chi connectivity index (χ3n) is 3.55. The fourth-order valence-corrected chi connectivity index (χ4v) is 3.46. The first-order chi connectivity index (χ1) is 11.4. The number of Topliss-reactive ketones (excluding diaryl/α,β-unsaturated/α-hetero) is 1. The van der Waals surface area contributed by atoms with Crippen molar-refractivity contribution in [2.24, 2.45) is 5.73 Å². The topological polar surface area (TPSA) is 89.6 Å². The van der Waals surface area contributed by atoms with Crippen molar-refractivity contribution in [1.29, 1.82) is 0 Å². The monoisotopic (exact) mass is 367 g/mol. The van der Waals surface area contributed by atoms with Crippen LogP contribution in [0.15, 0.2) is 30.3 Å². The van der Waals surface area contributed by atoms with E-state index in [1.165, 1.54) is 7.11 Å². The van der Waals surface area contributed by atoms with Crippen LogP contribution in [0.1, 0.15) is 27.2 Å². The van der Waals surface area contributed by atoms with Gasteiger partial charge in [0.1, 0.15) is 10.6 Å². The normalized spacial score (nSPS) is 12.0. The van der Waals surface area contributed by atoms with E-state index in [-0.39, 0.29) is 12.2 Å². The standard InChI is InChI=1S/C17H18ClNO4S/c1-23-13-9-14(18)24-17(13)16(22)12(19)8-11-4-2-10(3-5-11)6-7-15(20)21/h2-5,9,12H,6-8,19H2,1H3,(H,20,21). The third-order valence-corrected chi connectivity index (χ3v) is 4.81. The number of aliphatic carboxylic acids is 1. The van der Waals surface area contributed by atoms with Crippen LogP contribution in [-0.2, 0) is 17.6 Å². The maximum absolute atomic E-state index is 12.5. The van der Waals surface area contributed by atoms with E-state index in [0.29, 0.717) is 27.8 Å². The number of carbonyl (C=O) groups excluding carboxylic acids is 1. The molecule has 128 valence electrons. The highest BCUT2D eigenvalue weighted by atomic mass is 35.5. The second-order valence-electron chi connectivity index (χ2n) is 5.33. The van der Waals surface area contributed by atoms with Crippen LogP contribution < -0.4 is 10.5 Å². The number of hydrogen-bond donors (Lipinski definition) is 2. The van der Waals surface area contributed by atoms with Crippen LogP contribution in [0.2, 0.25) is 4.34 Å². The molecule has 2 aromatic rings. The van der Waals surface area contributed by atoms with Gasteiger partial charge in [-0.15, -0.1) is 11.3 Å². The van der Waals surface area contributed by atoms with E-state index in [9.17, 15) is 9.59 Å². The number of thiophene rings is 1. The van der Waals surface area contributed by atoms with Gasteiger partial charge in [-0.2, -0.15) is 0 Å². The Morgan fingerprint density at radius 3 is 2.50 bits per heavy atom. The molecule has 0 aliphatic carbocycles. The lowest BCUT2D eigenvalue weighted by atomic mass is 10.00. The molecule has 0 spiro atoms. The molecule has 3 N–H and O–H groups in total. The van der Waals surface area contributed by atoms with Gasteiger partial charge in [-0.1, -0.05) is 35.9 Å². The molecule has 1 aromatic heterocycles. The van der Waals surface area contributed by atoms with Gasteiger partial charge < -0.3 is 15.6 Å². The summed E-state index contributed by atoms with van der Waals surface area (Å²) >= 11 is 7.08. The van der Waals surface area contributed by atoms with Crippen molar-refractivity contribution in [1.82, 2.24) is 0 Å². The van der Waals surface area contributed by atoms with Crippen LogP contribution in [0.3, 0.4) is 0 Å². The Kier molecular flexibility index (Phi) is 6.36. The van der Waals surface area contributed by atoms with Crippen LogP contribution >= 0.6 is 22.9 Å². The highest BCUT2D eigenvalue weighted by Gasteiger charge is 2.22. The van der Waals surface area contributed by atoms with E-state index in [4.69, 9.17) is 27.2 Å². The summed E-state index contributed by atoms with van der Waals surface area (Å²) in [5, 5.41) is 8.69. The molecule has 1 unspecified atom stereocenters. The first kappa shape index (κ1) is 18.4. The van der Waals surface area contributed by atoms with Crippen LogP contribution in [0.4, 0.5) is 0 Å². The fraction of sp³-hybridized carbons (Fsp3) is 0.294. The molecule has 0 aliphatic heterocycles. The second kappa shape index (κ2) is 8.28. The summed E-state index contributed by atoms with van der Waals surface area (Å²) in [6, 6.07) is 8.35. The zero-order valence-electron chi connectivity index (χ0n) is 13.1. The molecular weight excluding hydrogens is 350 g/mol. The lowest BCUT2D eigenvalue weighted by Gasteiger charge is -2.11. The van der Waals surface area contributed by atoms with E-state index in [2.05, 4.69) is 0 Å². The van der Waals surface area contributed by atoms with Crippen molar-refractivity contribution in [3.63, 3.8) is 0 Å². The number of carbonyl (C=O) groups is 2. The molecular formula is C17H18ClNO4S. The van der Waals surface area contributed by atoms with Gasteiger partial charge in [0.2, 0.25) is 0 Å². The van der Waals surface area contributed by atoms with Gasteiger partial charge in [-0.05, 0) is 24.0 Å². The van der Waals surface area contributed by atoms with Gasteiger partial charge in [-0.3, -0.25) is 9.59 Å². The Morgan fingerprint density at radius 1 is 1.29 bits per heavy atom. The summed E-state index contributed by atoms with van der Waals surface area (Å²) in [4.78, 5) is 23.5. The van der Waals surface area contributed by atoms with Gasteiger partial charge in [0.05, 0.1) is 17.5 Å². The van der Waals surface area contributed by atoms with E-state index in [0.717, 1.165) is 22.5 Å². The summed E-state index contributed by atoms with van der Waals surface area (Å²) in [6.07, 6.45) is 0.957. The van der Waals surface area contributed by atoms with Crippen LogP contribution in [0.5, 0.6) is 5.75 Å². The number of rotatable bonds is 8. The average molecular weight is 368 g/mol. The van der Waals surface area contributed by atoms with Crippen molar-refractivity contribution < 1.29 is 19.4 Å². The minimum Gasteiger partial charge on any atom is -0.495 e. The SMILES string of the molecule is COc1cc(Cl)sc1C(=O)C(N)Cc1ccc(CCC(=O)O)cc1. The molecule has 1 aromatic carbocycles. The maximum Gasteiger partial charge on any atom is 0.303 e. The van der Waals surface area contributed by atoms with Crippen molar-refractivity contribution >= 4 is 34.7 Å². The molecule has 0 radical (unpaired) electrons. The van der Waals surface area contributed by atoms with Crippen LogP contribution in [0.25, 0.3) is 0 Å². The third kappa shape index (κ3) is 4.80. The Hall–Kier alpha value is -1.89. The summed E-state index contributed by atoms with van der Waals surface area (Å²) in [7, 11) is 1.48. The summed E-state index contributed by atoms with van der Waals surface area (Å²) < 4.78 is 5.63. The van der Waals surface area contributed by atoms with Gasteiger partial charge >= 0.3 is 5.97 Å². The Balaban J connectivity index is 2.02. The Labute approximate surface area is 149 Å². The van der Waals surface area contributed by atoms with Crippen molar-refractivity contribution in [2.75, 3.05) is 7.11 Å². The number of ketones is 1. The molecule has 0 fully saturated rings. The maximum atomic E-state index is 12.5. The minimum atomic E-state index is -0.824. The Bertz CT molecular complexity index is 727. The van der Waals surface area contributed by atoms with Crippen molar-refractivity contribution in [3.05, 3.63) is 50.7 Å². The molecule has 0 saturated carbocycles. The van der Waals surface area contributed by atoms with Gasteiger partial charge in [0.25, 0.3) is 0 Å². The molecule has 2 rings (SSSR count).